The van der Waals surface area contributed by atoms with Crippen molar-refractivity contribution in [2.75, 3.05) is 62.2 Å². The predicted molar refractivity (Wildman–Crippen MR) is 109 cm³/mol. The minimum absolute atomic E-state index is 0.0475. The van der Waals surface area contributed by atoms with Gasteiger partial charge in [0, 0.05) is 71.7 Å². The second kappa shape index (κ2) is 8.42. The van der Waals surface area contributed by atoms with E-state index in [2.05, 4.69) is 24.8 Å². The maximum absolute atomic E-state index is 12.8. The minimum Gasteiger partial charge on any atom is -0.353 e. The summed E-state index contributed by atoms with van der Waals surface area (Å²) < 4.78 is 0. The van der Waals surface area contributed by atoms with E-state index in [0.717, 1.165) is 32.0 Å². The third-order valence-corrected chi connectivity index (χ3v) is 5.41. The van der Waals surface area contributed by atoms with Crippen LogP contribution in [0.15, 0.2) is 36.7 Å². The number of carbonyl (C=O) groups excluding carboxylic acids is 2. The standard InChI is InChI=1S/C20H25N7O2/c1-16(28)24-8-12-26(13-9-24)19(29)17-5-7-22-20(23-17)27-14-10-25(11-15-27)18-4-2-3-6-21-18/h2-7H,8-15H2,1H3. The topological polar surface area (TPSA) is 85.8 Å². The number of carbonyl (C=O) groups is 2. The molecule has 0 radical (unpaired) electrons. The molecule has 2 fully saturated rings. The number of hydrogen-bond acceptors (Lipinski definition) is 7. The van der Waals surface area contributed by atoms with Crippen LogP contribution in [0.3, 0.4) is 0 Å². The Labute approximate surface area is 170 Å². The third kappa shape index (κ3) is 4.28. The normalized spacial score (nSPS) is 17.4. The van der Waals surface area contributed by atoms with Gasteiger partial charge < -0.3 is 19.6 Å². The van der Waals surface area contributed by atoms with E-state index < -0.39 is 0 Å². The van der Waals surface area contributed by atoms with Crippen molar-refractivity contribution in [2.24, 2.45) is 0 Å². The molecular weight excluding hydrogens is 370 g/mol. The van der Waals surface area contributed by atoms with Gasteiger partial charge in [0.05, 0.1) is 0 Å². The average Bonchev–Trinajstić information content (AvgIpc) is 2.79. The van der Waals surface area contributed by atoms with Crippen LogP contribution in [0.4, 0.5) is 11.8 Å². The van der Waals surface area contributed by atoms with Gasteiger partial charge in [0.2, 0.25) is 11.9 Å². The van der Waals surface area contributed by atoms with Gasteiger partial charge in [-0.1, -0.05) is 6.07 Å². The van der Waals surface area contributed by atoms with Gasteiger partial charge in [-0.15, -0.1) is 0 Å². The molecule has 0 bridgehead atoms. The number of pyridine rings is 1. The van der Waals surface area contributed by atoms with E-state index in [1.54, 1.807) is 35.2 Å². The molecule has 0 atom stereocenters. The lowest BCUT2D eigenvalue weighted by Gasteiger charge is -2.36. The summed E-state index contributed by atoms with van der Waals surface area (Å²) in [6.45, 7) is 6.93. The molecule has 2 aromatic heterocycles. The first kappa shape index (κ1) is 19.1. The van der Waals surface area contributed by atoms with Gasteiger partial charge in [-0.2, -0.15) is 0 Å². The molecule has 29 heavy (non-hydrogen) atoms. The zero-order valence-corrected chi connectivity index (χ0v) is 16.6. The minimum atomic E-state index is -0.107. The van der Waals surface area contributed by atoms with E-state index in [1.807, 2.05) is 18.2 Å². The summed E-state index contributed by atoms with van der Waals surface area (Å²) in [5.41, 5.74) is 0.401. The van der Waals surface area contributed by atoms with Crippen LogP contribution in [0, 0.1) is 0 Å². The second-order valence-corrected chi connectivity index (χ2v) is 7.20. The Hall–Kier alpha value is -3.23. The molecule has 0 N–H and O–H groups in total. The summed E-state index contributed by atoms with van der Waals surface area (Å²) in [5.74, 6) is 1.50. The van der Waals surface area contributed by atoms with Gasteiger partial charge in [0.25, 0.3) is 5.91 Å². The molecule has 0 spiro atoms. The SMILES string of the molecule is CC(=O)N1CCN(C(=O)c2ccnc(N3CCN(c4ccccn4)CC3)n2)CC1. The first-order valence-electron chi connectivity index (χ1n) is 9.90. The number of aromatic nitrogens is 3. The van der Waals surface area contributed by atoms with Crippen LogP contribution in [0.25, 0.3) is 0 Å². The molecule has 152 valence electrons. The average molecular weight is 395 g/mol. The number of amides is 2. The summed E-state index contributed by atoms with van der Waals surface area (Å²) in [7, 11) is 0. The lowest BCUT2D eigenvalue weighted by molar-refractivity contribution is -0.130. The Bertz CT molecular complexity index is 860. The number of rotatable bonds is 3. The fourth-order valence-corrected chi connectivity index (χ4v) is 3.68. The first-order chi connectivity index (χ1) is 14.1. The summed E-state index contributed by atoms with van der Waals surface area (Å²) in [6, 6.07) is 7.57. The molecule has 2 saturated heterocycles. The molecule has 2 aliphatic heterocycles. The van der Waals surface area contributed by atoms with Crippen molar-refractivity contribution in [1.29, 1.82) is 0 Å². The van der Waals surface area contributed by atoms with Gasteiger partial charge in [-0.3, -0.25) is 9.59 Å². The smallest absolute Gasteiger partial charge is 0.272 e. The highest BCUT2D eigenvalue weighted by Gasteiger charge is 2.25. The van der Waals surface area contributed by atoms with Crippen LogP contribution in [0.5, 0.6) is 0 Å². The number of anilines is 2. The van der Waals surface area contributed by atoms with Gasteiger partial charge in [0.1, 0.15) is 11.5 Å². The Kier molecular flexibility index (Phi) is 5.55. The molecule has 2 aliphatic rings. The highest BCUT2D eigenvalue weighted by atomic mass is 16.2. The second-order valence-electron chi connectivity index (χ2n) is 7.20. The quantitative estimate of drug-likeness (QED) is 0.748. The van der Waals surface area contributed by atoms with Crippen molar-refractivity contribution < 1.29 is 9.59 Å². The molecule has 9 nitrogen and oxygen atoms in total. The first-order valence-corrected chi connectivity index (χ1v) is 9.90. The Morgan fingerprint density at radius 3 is 2.14 bits per heavy atom. The fourth-order valence-electron chi connectivity index (χ4n) is 3.68. The predicted octanol–water partition coefficient (Wildman–Crippen LogP) is 0.503. The highest BCUT2D eigenvalue weighted by molar-refractivity contribution is 5.92. The lowest BCUT2D eigenvalue weighted by Crippen LogP contribution is -2.50. The maximum Gasteiger partial charge on any atom is 0.272 e. The Balaban J connectivity index is 1.38. The van der Waals surface area contributed by atoms with Crippen molar-refractivity contribution in [1.82, 2.24) is 24.8 Å². The van der Waals surface area contributed by atoms with E-state index in [0.29, 0.717) is 37.8 Å². The van der Waals surface area contributed by atoms with Crippen LogP contribution >= 0.6 is 0 Å². The third-order valence-electron chi connectivity index (χ3n) is 5.41. The fraction of sp³-hybridized carbons (Fsp3) is 0.450. The van der Waals surface area contributed by atoms with Crippen LogP contribution in [0.2, 0.25) is 0 Å². The summed E-state index contributed by atoms with van der Waals surface area (Å²) >= 11 is 0. The molecule has 0 saturated carbocycles. The van der Waals surface area contributed by atoms with E-state index in [4.69, 9.17) is 0 Å². The van der Waals surface area contributed by atoms with E-state index >= 15 is 0 Å². The molecule has 2 amide bonds. The monoisotopic (exact) mass is 395 g/mol. The van der Waals surface area contributed by atoms with E-state index in [9.17, 15) is 9.59 Å². The molecule has 0 unspecified atom stereocenters. The number of hydrogen-bond donors (Lipinski definition) is 0. The lowest BCUT2D eigenvalue weighted by atomic mass is 10.2. The van der Waals surface area contributed by atoms with Crippen molar-refractivity contribution in [3.8, 4) is 0 Å². The largest absolute Gasteiger partial charge is 0.353 e. The molecule has 0 aromatic carbocycles. The van der Waals surface area contributed by atoms with Gasteiger partial charge in [-0.25, -0.2) is 15.0 Å². The Morgan fingerprint density at radius 1 is 0.793 bits per heavy atom. The van der Waals surface area contributed by atoms with Crippen molar-refractivity contribution >= 4 is 23.6 Å². The zero-order valence-electron chi connectivity index (χ0n) is 16.6. The van der Waals surface area contributed by atoms with E-state index in [-0.39, 0.29) is 11.8 Å². The van der Waals surface area contributed by atoms with E-state index in [1.165, 1.54) is 0 Å². The van der Waals surface area contributed by atoms with Crippen molar-refractivity contribution in [2.45, 2.75) is 6.92 Å². The summed E-state index contributed by atoms with van der Waals surface area (Å²) in [6.07, 6.45) is 3.45. The molecule has 4 heterocycles. The number of piperazine rings is 2. The van der Waals surface area contributed by atoms with Crippen LogP contribution < -0.4 is 9.80 Å². The van der Waals surface area contributed by atoms with Crippen LogP contribution in [0.1, 0.15) is 17.4 Å². The summed E-state index contributed by atoms with van der Waals surface area (Å²) in [5, 5.41) is 0. The van der Waals surface area contributed by atoms with Crippen LogP contribution in [-0.2, 0) is 4.79 Å². The molecule has 0 aliphatic carbocycles. The number of nitrogens with zero attached hydrogens (tertiary/aromatic N) is 7. The molecule has 2 aromatic rings. The molecule has 9 heteroatoms. The zero-order chi connectivity index (χ0) is 20.2. The van der Waals surface area contributed by atoms with Gasteiger partial charge in [-0.05, 0) is 18.2 Å². The van der Waals surface area contributed by atoms with Crippen LogP contribution in [-0.4, -0.2) is 88.9 Å². The van der Waals surface area contributed by atoms with Gasteiger partial charge in [0.15, 0.2) is 0 Å². The summed E-state index contributed by atoms with van der Waals surface area (Å²) in [4.78, 5) is 45.5. The Morgan fingerprint density at radius 2 is 1.48 bits per heavy atom. The van der Waals surface area contributed by atoms with Crippen molar-refractivity contribution in [3.63, 3.8) is 0 Å². The highest BCUT2D eigenvalue weighted by Crippen LogP contribution is 2.17. The van der Waals surface area contributed by atoms with Gasteiger partial charge >= 0.3 is 0 Å². The van der Waals surface area contributed by atoms with Crippen molar-refractivity contribution in [3.05, 3.63) is 42.4 Å². The maximum atomic E-state index is 12.8. The molecule has 4 rings (SSSR count). The molecular formula is C20H25N7O2.